The number of aryl methyl sites for hydroxylation is 2. The van der Waals surface area contributed by atoms with Gasteiger partial charge in [0.2, 0.25) is 0 Å². The average Bonchev–Trinajstić information content (AvgIpc) is 3.12. The van der Waals surface area contributed by atoms with Gasteiger partial charge in [-0.3, -0.25) is 4.68 Å². The molecular weight excluding hydrogens is 340 g/mol. The zero-order chi connectivity index (χ0) is 19.5. The molecule has 1 aromatic heterocycles. The molecule has 3 aromatic carbocycles. The molecule has 0 spiro atoms. The molecule has 0 radical (unpaired) electrons. The van der Waals surface area contributed by atoms with Crippen LogP contribution in [0.1, 0.15) is 22.3 Å². The fraction of sp³-hybridized carbons (Fsp3) is 0.115. The van der Waals surface area contributed by atoms with Gasteiger partial charge in [-0.15, -0.1) is 0 Å². The van der Waals surface area contributed by atoms with Crippen molar-refractivity contribution in [3.8, 4) is 22.5 Å². The summed E-state index contributed by atoms with van der Waals surface area (Å²) in [5, 5.41) is 4.99. The van der Waals surface area contributed by atoms with Crippen LogP contribution in [0.15, 0.2) is 85.4 Å². The Balaban J connectivity index is 1.82. The summed E-state index contributed by atoms with van der Waals surface area (Å²) >= 11 is 0. The summed E-state index contributed by atoms with van der Waals surface area (Å²) in [6, 6.07) is 27.6. The third kappa shape index (κ3) is 3.54. The first-order chi connectivity index (χ1) is 13.7. The molecule has 0 aliphatic heterocycles. The van der Waals surface area contributed by atoms with Gasteiger partial charge in [-0.1, -0.05) is 85.5 Å². The second-order valence-electron chi connectivity index (χ2n) is 7.15. The van der Waals surface area contributed by atoms with E-state index in [0.717, 1.165) is 23.5 Å². The second kappa shape index (κ2) is 7.69. The van der Waals surface area contributed by atoms with Gasteiger partial charge in [0.15, 0.2) is 0 Å². The maximum Gasteiger partial charge on any atom is 0.0932 e. The Hall–Kier alpha value is -3.39. The third-order valence-corrected chi connectivity index (χ3v) is 5.17. The van der Waals surface area contributed by atoms with E-state index in [2.05, 4.69) is 104 Å². The molecule has 0 amide bonds. The average molecular weight is 364 g/mol. The van der Waals surface area contributed by atoms with E-state index in [9.17, 15) is 0 Å². The zero-order valence-corrected chi connectivity index (χ0v) is 16.4. The van der Waals surface area contributed by atoms with Gasteiger partial charge >= 0.3 is 0 Å². The molecule has 0 unspecified atom stereocenters. The van der Waals surface area contributed by atoms with Gasteiger partial charge in [0.1, 0.15) is 0 Å². The number of aromatic nitrogens is 2. The molecule has 2 nitrogen and oxygen atoms in total. The lowest BCUT2D eigenvalue weighted by Gasteiger charge is -2.10. The molecular formula is C26H24N2. The van der Waals surface area contributed by atoms with Crippen LogP contribution in [0.5, 0.6) is 0 Å². The minimum Gasteiger partial charge on any atom is -0.260 e. The lowest BCUT2D eigenvalue weighted by molar-refractivity contribution is 0.696. The number of benzene rings is 3. The van der Waals surface area contributed by atoms with E-state index in [4.69, 9.17) is 5.10 Å². The van der Waals surface area contributed by atoms with Gasteiger partial charge in [-0.05, 0) is 42.2 Å². The summed E-state index contributed by atoms with van der Waals surface area (Å²) in [6.07, 6.45) is 1.87. The van der Waals surface area contributed by atoms with Crippen molar-refractivity contribution in [2.24, 2.45) is 0 Å². The summed E-state index contributed by atoms with van der Waals surface area (Å²) in [5.41, 5.74) is 9.39. The van der Waals surface area contributed by atoms with E-state index in [1.54, 1.807) is 0 Å². The lowest BCUT2D eigenvalue weighted by atomic mass is 10.0. The Morgan fingerprint density at radius 2 is 1.43 bits per heavy atom. The van der Waals surface area contributed by atoms with E-state index >= 15 is 0 Å². The van der Waals surface area contributed by atoms with Crippen LogP contribution >= 0.6 is 0 Å². The fourth-order valence-electron chi connectivity index (χ4n) is 3.54. The van der Waals surface area contributed by atoms with Gasteiger partial charge < -0.3 is 0 Å². The predicted octanol–water partition coefficient (Wildman–Crippen LogP) is 6.53. The van der Waals surface area contributed by atoms with Crippen LogP contribution in [0, 0.1) is 13.8 Å². The highest BCUT2D eigenvalue weighted by Crippen LogP contribution is 2.30. The van der Waals surface area contributed by atoms with Crippen LogP contribution in [-0.2, 0) is 6.54 Å². The molecule has 0 atom stereocenters. The fourth-order valence-corrected chi connectivity index (χ4v) is 3.54. The molecule has 4 rings (SSSR count). The van der Waals surface area contributed by atoms with Gasteiger partial charge in [0.05, 0.1) is 17.9 Å². The molecule has 2 heteroatoms. The maximum atomic E-state index is 4.99. The first kappa shape index (κ1) is 18.0. The molecule has 0 fully saturated rings. The number of hydrogen-bond donors (Lipinski definition) is 0. The summed E-state index contributed by atoms with van der Waals surface area (Å²) in [7, 11) is 0. The standard InChI is InChI=1S/C26H24N2/c1-4-21-13-15-22(16-14-21)18-28-26(24-12-8-6-10-20(24)3)17-25(27-28)23-11-7-5-9-19(23)2/h4-17H,1,18H2,2-3H3. The van der Waals surface area contributed by atoms with Crippen molar-refractivity contribution in [1.29, 1.82) is 0 Å². The summed E-state index contributed by atoms with van der Waals surface area (Å²) in [5.74, 6) is 0. The van der Waals surface area contributed by atoms with Crippen molar-refractivity contribution in [2.45, 2.75) is 20.4 Å². The van der Waals surface area contributed by atoms with Gasteiger partial charge in [0, 0.05) is 11.1 Å². The first-order valence-corrected chi connectivity index (χ1v) is 9.57. The summed E-state index contributed by atoms with van der Waals surface area (Å²) < 4.78 is 2.12. The van der Waals surface area contributed by atoms with Crippen molar-refractivity contribution in [2.75, 3.05) is 0 Å². The monoisotopic (exact) mass is 364 g/mol. The highest BCUT2D eigenvalue weighted by atomic mass is 15.3. The van der Waals surface area contributed by atoms with Crippen LogP contribution in [0.3, 0.4) is 0 Å². The van der Waals surface area contributed by atoms with Crippen LogP contribution < -0.4 is 0 Å². The van der Waals surface area contributed by atoms with Crippen molar-refractivity contribution in [3.05, 3.63) is 108 Å². The minimum absolute atomic E-state index is 0.729. The van der Waals surface area contributed by atoms with Gasteiger partial charge in [0.25, 0.3) is 0 Å². The summed E-state index contributed by atoms with van der Waals surface area (Å²) in [6.45, 7) is 8.85. The molecule has 138 valence electrons. The van der Waals surface area contributed by atoms with E-state index in [1.807, 2.05) is 6.08 Å². The summed E-state index contributed by atoms with van der Waals surface area (Å²) in [4.78, 5) is 0. The molecule has 4 aromatic rings. The molecule has 0 N–H and O–H groups in total. The lowest BCUT2D eigenvalue weighted by Crippen LogP contribution is -2.04. The molecule has 0 aliphatic carbocycles. The molecule has 0 bridgehead atoms. The van der Waals surface area contributed by atoms with E-state index in [0.29, 0.717) is 0 Å². The van der Waals surface area contributed by atoms with Gasteiger partial charge in [-0.2, -0.15) is 5.10 Å². The number of hydrogen-bond acceptors (Lipinski definition) is 1. The van der Waals surface area contributed by atoms with Crippen molar-refractivity contribution < 1.29 is 0 Å². The second-order valence-corrected chi connectivity index (χ2v) is 7.15. The molecule has 1 heterocycles. The van der Waals surface area contributed by atoms with Crippen LogP contribution in [0.25, 0.3) is 28.6 Å². The topological polar surface area (TPSA) is 17.8 Å². The van der Waals surface area contributed by atoms with Crippen molar-refractivity contribution in [3.63, 3.8) is 0 Å². The van der Waals surface area contributed by atoms with Crippen LogP contribution in [0.2, 0.25) is 0 Å². The van der Waals surface area contributed by atoms with Crippen molar-refractivity contribution >= 4 is 6.08 Å². The number of rotatable bonds is 5. The Kier molecular flexibility index (Phi) is 4.94. The highest BCUT2D eigenvalue weighted by Gasteiger charge is 2.14. The maximum absolute atomic E-state index is 4.99. The Morgan fingerprint density at radius 3 is 2.04 bits per heavy atom. The predicted molar refractivity (Wildman–Crippen MR) is 118 cm³/mol. The van der Waals surface area contributed by atoms with Crippen LogP contribution in [-0.4, -0.2) is 9.78 Å². The number of nitrogens with zero attached hydrogens (tertiary/aromatic N) is 2. The van der Waals surface area contributed by atoms with E-state index in [1.165, 1.54) is 27.8 Å². The third-order valence-electron chi connectivity index (χ3n) is 5.17. The van der Waals surface area contributed by atoms with E-state index < -0.39 is 0 Å². The van der Waals surface area contributed by atoms with E-state index in [-0.39, 0.29) is 0 Å². The molecule has 28 heavy (non-hydrogen) atoms. The zero-order valence-electron chi connectivity index (χ0n) is 16.4. The largest absolute Gasteiger partial charge is 0.260 e. The molecule has 0 saturated heterocycles. The minimum atomic E-state index is 0.729. The molecule has 0 saturated carbocycles. The quantitative estimate of drug-likeness (QED) is 0.394. The Labute approximate surface area is 166 Å². The molecule has 0 aliphatic rings. The SMILES string of the molecule is C=Cc1ccc(Cn2nc(-c3ccccc3C)cc2-c2ccccc2C)cc1. The Morgan fingerprint density at radius 1 is 0.821 bits per heavy atom. The van der Waals surface area contributed by atoms with Crippen LogP contribution in [0.4, 0.5) is 0 Å². The first-order valence-electron chi connectivity index (χ1n) is 9.57. The Bertz CT molecular complexity index is 1120. The smallest absolute Gasteiger partial charge is 0.0932 e. The highest BCUT2D eigenvalue weighted by molar-refractivity contribution is 5.72. The normalized spacial score (nSPS) is 10.8. The van der Waals surface area contributed by atoms with Crippen molar-refractivity contribution in [1.82, 2.24) is 9.78 Å². The van der Waals surface area contributed by atoms with Gasteiger partial charge in [-0.25, -0.2) is 0 Å².